The van der Waals surface area contributed by atoms with Gasteiger partial charge in [0.2, 0.25) is 5.91 Å². The number of carbonyl (C=O) groups excluding carboxylic acids is 2. The number of ether oxygens (including phenoxy) is 3. The van der Waals surface area contributed by atoms with Gasteiger partial charge >= 0.3 is 5.97 Å². The van der Waals surface area contributed by atoms with Gasteiger partial charge in [-0.15, -0.1) is 0 Å². The van der Waals surface area contributed by atoms with Crippen molar-refractivity contribution >= 4 is 17.6 Å². The summed E-state index contributed by atoms with van der Waals surface area (Å²) in [6.45, 7) is 1.36. The topological polar surface area (TPSA) is 65.1 Å². The Bertz CT molecular complexity index is 949. The summed E-state index contributed by atoms with van der Waals surface area (Å²) < 4.78 is 16.2. The van der Waals surface area contributed by atoms with Crippen LogP contribution in [0.1, 0.15) is 60.4 Å². The van der Waals surface area contributed by atoms with Crippen LogP contribution in [0.25, 0.3) is 0 Å². The lowest BCUT2D eigenvalue weighted by molar-refractivity contribution is -0.117. The first-order chi connectivity index (χ1) is 15.6. The van der Waals surface area contributed by atoms with Crippen LogP contribution in [-0.4, -0.2) is 39.2 Å². The molecule has 1 aliphatic carbocycles. The third kappa shape index (κ3) is 4.90. The van der Waals surface area contributed by atoms with Gasteiger partial charge in [-0.1, -0.05) is 25.3 Å². The molecule has 1 saturated carbocycles. The summed E-state index contributed by atoms with van der Waals surface area (Å²) in [5, 5.41) is 0. The Morgan fingerprint density at radius 2 is 1.78 bits per heavy atom. The Balaban J connectivity index is 1.40. The molecular formula is C26H31NO5. The molecule has 170 valence electrons. The zero-order valence-electron chi connectivity index (χ0n) is 18.8. The summed E-state index contributed by atoms with van der Waals surface area (Å²) in [7, 11) is 2.87. The number of hydrogen-bond donors (Lipinski definition) is 0. The minimum atomic E-state index is -0.441. The van der Waals surface area contributed by atoms with Crippen molar-refractivity contribution in [3.05, 3.63) is 53.6 Å². The molecule has 1 aliphatic heterocycles. The summed E-state index contributed by atoms with van der Waals surface area (Å²) >= 11 is 0. The van der Waals surface area contributed by atoms with E-state index in [1.54, 1.807) is 6.07 Å². The molecule has 4 rings (SSSR count). The number of esters is 1. The molecule has 1 amide bonds. The van der Waals surface area contributed by atoms with Crippen molar-refractivity contribution in [3.8, 4) is 11.5 Å². The molecule has 1 heterocycles. The van der Waals surface area contributed by atoms with Crippen molar-refractivity contribution in [3.63, 3.8) is 0 Å². The first kappa shape index (κ1) is 22.2. The molecule has 0 aromatic heterocycles. The molecule has 0 bridgehead atoms. The van der Waals surface area contributed by atoms with E-state index in [0.29, 0.717) is 30.2 Å². The van der Waals surface area contributed by atoms with Gasteiger partial charge < -0.3 is 19.1 Å². The zero-order valence-corrected chi connectivity index (χ0v) is 18.8. The number of benzene rings is 2. The molecular weight excluding hydrogens is 406 g/mol. The van der Waals surface area contributed by atoms with Crippen molar-refractivity contribution in [2.24, 2.45) is 5.92 Å². The van der Waals surface area contributed by atoms with Gasteiger partial charge in [0.1, 0.15) is 17.1 Å². The molecule has 1 saturated heterocycles. The van der Waals surface area contributed by atoms with E-state index in [2.05, 4.69) is 0 Å². The maximum Gasteiger partial charge on any atom is 0.341 e. The number of methoxy groups -OCH3 is 2. The normalized spacial score (nSPS) is 19.1. The third-order valence-corrected chi connectivity index (χ3v) is 6.59. The van der Waals surface area contributed by atoms with E-state index >= 15 is 0 Å². The summed E-state index contributed by atoms with van der Waals surface area (Å²) in [6, 6.07) is 13.2. The zero-order chi connectivity index (χ0) is 22.5. The molecule has 2 aromatic rings. The number of amides is 1. The van der Waals surface area contributed by atoms with Crippen LogP contribution in [0.3, 0.4) is 0 Å². The van der Waals surface area contributed by atoms with E-state index in [9.17, 15) is 9.59 Å². The Morgan fingerprint density at radius 3 is 2.47 bits per heavy atom. The Morgan fingerprint density at radius 1 is 1.03 bits per heavy atom. The molecule has 1 atom stereocenters. The summed E-state index contributed by atoms with van der Waals surface area (Å²) in [4.78, 5) is 26.5. The van der Waals surface area contributed by atoms with Crippen LogP contribution in [0.2, 0.25) is 0 Å². The Kier molecular flexibility index (Phi) is 6.98. The molecule has 6 nitrogen and oxygen atoms in total. The van der Waals surface area contributed by atoms with Crippen molar-refractivity contribution in [1.82, 2.24) is 0 Å². The van der Waals surface area contributed by atoms with E-state index in [-0.39, 0.29) is 11.8 Å². The maximum atomic E-state index is 12.7. The van der Waals surface area contributed by atoms with Crippen molar-refractivity contribution in [2.45, 2.75) is 44.4 Å². The van der Waals surface area contributed by atoms with Crippen molar-refractivity contribution in [1.29, 1.82) is 0 Å². The van der Waals surface area contributed by atoms with Gasteiger partial charge in [0.05, 0.1) is 20.8 Å². The lowest BCUT2D eigenvalue weighted by Crippen LogP contribution is -2.24. The molecule has 6 heteroatoms. The SMILES string of the molecule is COC(=O)c1ccc(C2CC(=O)N(c3ccc(OCC4CCCCC4)cc3)C2)cc1OC. The van der Waals surface area contributed by atoms with E-state index in [1.165, 1.54) is 46.3 Å². The van der Waals surface area contributed by atoms with Crippen LogP contribution < -0.4 is 14.4 Å². The van der Waals surface area contributed by atoms with Crippen molar-refractivity contribution in [2.75, 3.05) is 32.3 Å². The van der Waals surface area contributed by atoms with Crippen LogP contribution in [-0.2, 0) is 9.53 Å². The maximum absolute atomic E-state index is 12.7. The summed E-state index contributed by atoms with van der Waals surface area (Å²) in [5.74, 6) is 1.65. The van der Waals surface area contributed by atoms with Gasteiger partial charge in [-0.05, 0) is 60.7 Å². The number of anilines is 1. The quantitative estimate of drug-likeness (QED) is 0.573. The molecule has 1 unspecified atom stereocenters. The van der Waals surface area contributed by atoms with Crippen LogP contribution in [0, 0.1) is 5.92 Å². The minimum absolute atomic E-state index is 0.0327. The lowest BCUT2D eigenvalue weighted by atomic mass is 9.90. The van der Waals surface area contributed by atoms with Gasteiger partial charge in [-0.2, -0.15) is 0 Å². The van der Waals surface area contributed by atoms with Crippen LogP contribution in [0.4, 0.5) is 5.69 Å². The second-order valence-corrected chi connectivity index (χ2v) is 8.67. The Labute approximate surface area is 189 Å². The molecule has 32 heavy (non-hydrogen) atoms. The van der Waals surface area contributed by atoms with Crippen LogP contribution >= 0.6 is 0 Å². The van der Waals surface area contributed by atoms with E-state index in [1.807, 2.05) is 41.3 Å². The molecule has 0 radical (unpaired) electrons. The number of carbonyl (C=O) groups is 2. The monoisotopic (exact) mass is 437 g/mol. The van der Waals surface area contributed by atoms with Gasteiger partial charge in [0, 0.05) is 24.6 Å². The average molecular weight is 438 g/mol. The highest BCUT2D eigenvalue weighted by Crippen LogP contribution is 2.35. The van der Waals surface area contributed by atoms with E-state index in [0.717, 1.165) is 23.6 Å². The first-order valence-corrected chi connectivity index (χ1v) is 11.4. The molecule has 2 fully saturated rings. The van der Waals surface area contributed by atoms with Gasteiger partial charge in [-0.3, -0.25) is 4.79 Å². The minimum Gasteiger partial charge on any atom is -0.496 e. The fourth-order valence-electron chi connectivity index (χ4n) is 4.71. The predicted molar refractivity (Wildman–Crippen MR) is 123 cm³/mol. The summed E-state index contributed by atoms with van der Waals surface area (Å²) in [6.07, 6.45) is 6.89. The van der Waals surface area contributed by atoms with Gasteiger partial charge in [-0.25, -0.2) is 4.79 Å². The fraction of sp³-hybridized carbons (Fsp3) is 0.462. The predicted octanol–water partition coefficient (Wildman–Crippen LogP) is 4.96. The second kappa shape index (κ2) is 10.1. The number of rotatable bonds is 7. The van der Waals surface area contributed by atoms with Gasteiger partial charge in [0.15, 0.2) is 0 Å². The largest absolute Gasteiger partial charge is 0.496 e. The number of nitrogens with zero attached hydrogens (tertiary/aromatic N) is 1. The molecule has 2 aliphatic rings. The highest BCUT2D eigenvalue weighted by molar-refractivity contribution is 5.97. The first-order valence-electron chi connectivity index (χ1n) is 11.4. The van der Waals surface area contributed by atoms with E-state index < -0.39 is 5.97 Å². The van der Waals surface area contributed by atoms with Crippen LogP contribution in [0.5, 0.6) is 11.5 Å². The lowest BCUT2D eigenvalue weighted by Gasteiger charge is -2.22. The smallest absolute Gasteiger partial charge is 0.341 e. The van der Waals surface area contributed by atoms with E-state index in [4.69, 9.17) is 14.2 Å². The highest BCUT2D eigenvalue weighted by atomic mass is 16.5. The average Bonchev–Trinajstić information content (AvgIpc) is 3.24. The molecule has 2 aromatic carbocycles. The summed E-state index contributed by atoms with van der Waals surface area (Å²) in [5.41, 5.74) is 2.22. The second-order valence-electron chi connectivity index (χ2n) is 8.67. The van der Waals surface area contributed by atoms with Gasteiger partial charge in [0.25, 0.3) is 0 Å². The Hall–Kier alpha value is -3.02. The van der Waals surface area contributed by atoms with Crippen molar-refractivity contribution < 1.29 is 23.8 Å². The fourth-order valence-corrected chi connectivity index (χ4v) is 4.71. The third-order valence-electron chi connectivity index (χ3n) is 6.59. The molecule has 0 spiro atoms. The van der Waals surface area contributed by atoms with Crippen LogP contribution in [0.15, 0.2) is 42.5 Å². The number of hydrogen-bond acceptors (Lipinski definition) is 5. The highest BCUT2D eigenvalue weighted by Gasteiger charge is 2.32. The standard InChI is InChI=1S/C26H31NO5/c1-30-24-14-19(8-13-23(24)26(29)31-2)20-15-25(28)27(16-20)21-9-11-22(12-10-21)32-17-18-6-4-3-5-7-18/h8-14,18,20H,3-7,15-17H2,1-2H3. The molecule has 0 N–H and O–H groups in total.